The van der Waals surface area contributed by atoms with Gasteiger partial charge in [-0.05, 0) is 38.2 Å². The van der Waals surface area contributed by atoms with Gasteiger partial charge in [0.1, 0.15) is 0 Å². The van der Waals surface area contributed by atoms with Gasteiger partial charge in [-0.25, -0.2) is 0 Å². The van der Waals surface area contributed by atoms with Crippen LogP contribution in [-0.2, 0) is 6.54 Å². The summed E-state index contributed by atoms with van der Waals surface area (Å²) in [6.07, 6.45) is 3.46. The van der Waals surface area contributed by atoms with Gasteiger partial charge in [-0.3, -0.25) is 9.97 Å². The smallest absolute Gasteiger partial charge is 0.0890 e. The maximum absolute atomic E-state index is 4.33. The van der Waals surface area contributed by atoms with Crippen LogP contribution in [0.4, 0.5) is 0 Å². The molecular weight excluding hydrogens is 236 g/mol. The van der Waals surface area contributed by atoms with Crippen LogP contribution in [0, 0.1) is 0 Å². The predicted molar refractivity (Wildman–Crippen MR) is 79.0 cm³/mol. The van der Waals surface area contributed by atoms with Crippen molar-refractivity contribution in [1.82, 2.24) is 20.2 Å². The van der Waals surface area contributed by atoms with Gasteiger partial charge in [-0.15, -0.1) is 0 Å². The van der Waals surface area contributed by atoms with E-state index in [-0.39, 0.29) is 0 Å². The SMILES string of the molecule is CCN(C)CC(C)NCc1ccc2nccnc2c1. The van der Waals surface area contributed by atoms with Crippen LogP contribution in [-0.4, -0.2) is 41.0 Å². The van der Waals surface area contributed by atoms with Crippen LogP contribution in [0.2, 0.25) is 0 Å². The number of fused-ring (bicyclic) bond motifs is 1. The second kappa shape index (κ2) is 6.59. The number of rotatable bonds is 6. The number of hydrogen-bond donors (Lipinski definition) is 1. The zero-order valence-corrected chi connectivity index (χ0v) is 11.9. The Kier molecular flexibility index (Phi) is 4.82. The van der Waals surface area contributed by atoms with Crippen molar-refractivity contribution < 1.29 is 0 Å². The minimum atomic E-state index is 0.475. The van der Waals surface area contributed by atoms with E-state index in [2.05, 4.69) is 53.2 Å². The number of nitrogens with zero attached hydrogens (tertiary/aromatic N) is 3. The Bertz CT molecular complexity index is 526. The summed E-state index contributed by atoms with van der Waals surface area (Å²) in [6.45, 7) is 7.40. The van der Waals surface area contributed by atoms with Crippen molar-refractivity contribution >= 4 is 11.0 Å². The van der Waals surface area contributed by atoms with Crippen LogP contribution in [0.25, 0.3) is 11.0 Å². The Morgan fingerprint density at radius 3 is 2.68 bits per heavy atom. The normalized spacial score (nSPS) is 13.1. The molecule has 0 radical (unpaired) electrons. The molecule has 0 aliphatic carbocycles. The lowest BCUT2D eigenvalue weighted by Gasteiger charge is -2.20. The first-order valence-electron chi connectivity index (χ1n) is 6.80. The Hall–Kier alpha value is -1.52. The molecule has 0 spiro atoms. The molecule has 4 nitrogen and oxygen atoms in total. The van der Waals surface area contributed by atoms with Crippen LogP contribution in [0.5, 0.6) is 0 Å². The average molecular weight is 258 g/mol. The second-order valence-electron chi connectivity index (χ2n) is 5.02. The molecular formula is C15H22N4. The third-order valence-corrected chi connectivity index (χ3v) is 3.31. The largest absolute Gasteiger partial charge is 0.309 e. The van der Waals surface area contributed by atoms with Gasteiger partial charge in [-0.1, -0.05) is 13.0 Å². The highest BCUT2D eigenvalue weighted by Gasteiger charge is 2.05. The van der Waals surface area contributed by atoms with E-state index in [0.29, 0.717) is 6.04 Å². The van der Waals surface area contributed by atoms with Crippen molar-refractivity contribution in [3.8, 4) is 0 Å². The van der Waals surface area contributed by atoms with Crippen molar-refractivity contribution in [1.29, 1.82) is 0 Å². The first kappa shape index (κ1) is 13.9. The van der Waals surface area contributed by atoms with Crippen molar-refractivity contribution in [2.45, 2.75) is 26.4 Å². The Morgan fingerprint density at radius 2 is 1.95 bits per heavy atom. The molecule has 2 rings (SSSR count). The van der Waals surface area contributed by atoms with Gasteiger partial charge in [0.2, 0.25) is 0 Å². The minimum absolute atomic E-state index is 0.475. The van der Waals surface area contributed by atoms with E-state index in [9.17, 15) is 0 Å². The zero-order chi connectivity index (χ0) is 13.7. The second-order valence-corrected chi connectivity index (χ2v) is 5.02. The molecule has 1 N–H and O–H groups in total. The fourth-order valence-electron chi connectivity index (χ4n) is 2.07. The number of aromatic nitrogens is 2. The fraction of sp³-hybridized carbons (Fsp3) is 0.467. The maximum Gasteiger partial charge on any atom is 0.0890 e. The molecule has 2 aromatic rings. The molecule has 0 aliphatic rings. The molecule has 1 heterocycles. The van der Waals surface area contributed by atoms with Crippen molar-refractivity contribution in [3.05, 3.63) is 36.2 Å². The highest BCUT2D eigenvalue weighted by molar-refractivity contribution is 5.74. The monoisotopic (exact) mass is 258 g/mol. The van der Waals surface area contributed by atoms with Gasteiger partial charge in [0.15, 0.2) is 0 Å². The summed E-state index contributed by atoms with van der Waals surface area (Å²) in [6, 6.07) is 6.72. The molecule has 0 fully saturated rings. The van der Waals surface area contributed by atoms with E-state index in [4.69, 9.17) is 0 Å². The highest BCUT2D eigenvalue weighted by atomic mass is 15.1. The highest BCUT2D eigenvalue weighted by Crippen LogP contribution is 2.10. The molecule has 4 heteroatoms. The fourth-order valence-corrected chi connectivity index (χ4v) is 2.07. The number of hydrogen-bond acceptors (Lipinski definition) is 4. The van der Waals surface area contributed by atoms with Gasteiger partial charge in [-0.2, -0.15) is 0 Å². The molecule has 0 saturated heterocycles. The molecule has 1 atom stereocenters. The third-order valence-electron chi connectivity index (χ3n) is 3.31. The molecule has 0 bridgehead atoms. The summed E-state index contributed by atoms with van der Waals surface area (Å²) < 4.78 is 0. The first-order chi connectivity index (χ1) is 9.19. The summed E-state index contributed by atoms with van der Waals surface area (Å²) in [5.74, 6) is 0. The van der Waals surface area contributed by atoms with Crippen LogP contribution >= 0.6 is 0 Å². The van der Waals surface area contributed by atoms with Crippen molar-refractivity contribution in [2.75, 3.05) is 20.1 Å². The first-order valence-corrected chi connectivity index (χ1v) is 6.80. The molecule has 0 amide bonds. The molecule has 1 unspecified atom stereocenters. The van der Waals surface area contributed by atoms with Crippen LogP contribution in [0.15, 0.2) is 30.6 Å². The Labute approximate surface area is 114 Å². The van der Waals surface area contributed by atoms with Crippen LogP contribution in [0.1, 0.15) is 19.4 Å². The van der Waals surface area contributed by atoms with Crippen molar-refractivity contribution in [3.63, 3.8) is 0 Å². The Morgan fingerprint density at radius 1 is 1.21 bits per heavy atom. The molecule has 1 aromatic carbocycles. The van der Waals surface area contributed by atoms with Gasteiger partial charge in [0, 0.05) is 31.5 Å². The van der Waals surface area contributed by atoms with Gasteiger partial charge >= 0.3 is 0 Å². The van der Waals surface area contributed by atoms with Gasteiger partial charge < -0.3 is 10.2 Å². The van der Waals surface area contributed by atoms with E-state index in [0.717, 1.165) is 30.7 Å². The quantitative estimate of drug-likeness (QED) is 0.861. The topological polar surface area (TPSA) is 41.0 Å². The van der Waals surface area contributed by atoms with Gasteiger partial charge in [0.25, 0.3) is 0 Å². The van der Waals surface area contributed by atoms with E-state index in [1.54, 1.807) is 12.4 Å². The third kappa shape index (κ3) is 3.98. The zero-order valence-electron chi connectivity index (χ0n) is 11.9. The summed E-state index contributed by atoms with van der Waals surface area (Å²) in [7, 11) is 2.14. The summed E-state index contributed by atoms with van der Waals surface area (Å²) in [5.41, 5.74) is 3.16. The lowest BCUT2D eigenvalue weighted by atomic mass is 10.2. The lowest BCUT2D eigenvalue weighted by molar-refractivity contribution is 0.309. The summed E-state index contributed by atoms with van der Waals surface area (Å²) in [5, 5.41) is 3.54. The van der Waals surface area contributed by atoms with E-state index >= 15 is 0 Å². The molecule has 0 saturated carbocycles. The minimum Gasteiger partial charge on any atom is -0.309 e. The van der Waals surface area contributed by atoms with Crippen LogP contribution < -0.4 is 5.32 Å². The number of likely N-dealkylation sites (N-methyl/N-ethyl adjacent to an activating group) is 1. The Balaban J connectivity index is 1.94. The molecule has 102 valence electrons. The standard InChI is InChI=1S/C15H22N4/c1-4-19(3)11-12(2)18-10-13-5-6-14-15(9-13)17-8-7-16-14/h5-9,12,18H,4,10-11H2,1-3H3. The lowest BCUT2D eigenvalue weighted by Crippen LogP contribution is -2.36. The maximum atomic E-state index is 4.33. The molecule has 19 heavy (non-hydrogen) atoms. The molecule has 0 aliphatic heterocycles. The van der Waals surface area contributed by atoms with E-state index in [1.165, 1.54) is 5.56 Å². The summed E-state index contributed by atoms with van der Waals surface area (Å²) in [4.78, 5) is 10.9. The van der Waals surface area contributed by atoms with Crippen molar-refractivity contribution in [2.24, 2.45) is 0 Å². The number of benzene rings is 1. The van der Waals surface area contributed by atoms with Crippen LogP contribution in [0.3, 0.4) is 0 Å². The predicted octanol–water partition coefficient (Wildman–Crippen LogP) is 2.06. The van der Waals surface area contributed by atoms with E-state index in [1.807, 2.05) is 6.07 Å². The van der Waals surface area contributed by atoms with E-state index < -0.39 is 0 Å². The molecule has 1 aromatic heterocycles. The van der Waals surface area contributed by atoms with Gasteiger partial charge in [0.05, 0.1) is 11.0 Å². The number of nitrogens with one attached hydrogen (secondary N) is 1. The summed E-state index contributed by atoms with van der Waals surface area (Å²) >= 11 is 0. The average Bonchev–Trinajstić information content (AvgIpc) is 2.44.